The number of aryl methyl sites for hydroxylation is 1. The van der Waals surface area contributed by atoms with Crippen LogP contribution in [0.3, 0.4) is 0 Å². The molecular weight excluding hydrogens is 246 g/mol. The summed E-state index contributed by atoms with van der Waals surface area (Å²) in [5.74, 6) is 1.30. The van der Waals surface area contributed by atoms with Gasteiger partial charge in [-0.15, -0.1) is 0 Å². The van der Waals surface area contributed by atoms with Crippen LogP contribution < -0.4 is 0 Å². The van der Waals surface area contributed by atoms with Crippen LogP contribution in [0, 0.1) is 6.92 Å². The van der Waals surface area contributed by atoms with E-state index in [0.29, 0.717) is 10.8 Å². The molecule has 0 spiro atoms. The summed E-state index contributed by atoms with van der Waals surface area (Å²) >= 11 is 1.91. The Morgan fingerprint density at radius 2 is 2.17 bits per heavy atom. The second-order valence-corrected chi connectivity index (χ2v) is 6.30. The number of carbonyl (C=O) groups is 1. The summed E-state index contributed by atoms with van der Waals surface area (Å²) in [4.78, 5) is 14.4. The van der Waals surface area contributed by atoms with Crippen LogP contribution in [-0.4, -0.2) is 39.5 Å². The van der Waals surface area contributed by atoms with E-state index in [1.807, 2.05) is 23.6 Å². The van der Waals surface area contributed by atoms with Gasteiger partial charge in [-0.25, -0.2) is 0 Å². The Morgan fingerprint density at radius 1 is 1.44 bits per heavy atom. The molecule has 0 aliphatic carbocycles. The maximum Gasteiger partial charge on any atom is 0.254 e. The number of amides is 1. The van der Waals surface area contributed by atoms with Gasteiger partial charge in [0, 0.05) is 29.2 Å². The summed E-state index contributed by atoms with van der Waals surface area (Å²) in [5.41, 5.74) is 1.41. The first kappa shape index (κ1) is 13.3. The van der Waals surface area contributed by atoms with E-state index in [0.717, 1.165) is 17.9 Å². The van der Waals surface area contributed by atoms with Gasteiger partial charge in [0.1, 0.15) is 5.75 Å². The Morgan fingerprint density at radius 3 is 2.83 bits per heavy atom. The number of carbonyl (C=O) groups excluding carboxylic acids is 1. The summed E-state index contributed by atoms with van der Waals surface area (Å²) in [5, 5.41) is 9.97. The summed E-state index contributed by atoms with van der Waals surface area (Å²) in [6.45, 7) is 6.87. The fourth-order valence-corrected chi connectivity index (χ4v) is 3.27. The average Bonchev–Trinajstić information content (AvgIpc) is 2.35. The van der Waals surface area contributed by atoms with Gasteiger partial charge >= 0.3 is 0 Å². The van der Waals surface area contributed by atoms with E-state index >= 15 is 0 Å². The highest BCUT2D eigenvalue weighted by molar-refractivity contribution is 8.00. The molecule has 1 fully saturated rings. The molecule has 1 aliphatic rings. The molecule has 1 N–H and O–H groups in total. The van der Waals surface area contributed by atoms with Gasteiger partial charge in [-0.05, 0) is 37.6 Å². The number of phenols is 1. The predicted molar refractivity (Wildman–Crippen MR) is 75.3 cm³/mol. The quantitative estimate of drug-likeness (QED) is 0.848. The SMILES string of the molecule is Cc1cc(C(=O)N2CCSC(C)C2C)ccc1O. The van der Waals surface area contributed by atoms with Crippen LogP contribution in [0.25, 0.3) is 0 Å². The van der Waals surface area contributed by atoms with Gasteiger partial charge < -0.3 is 10.0 Å². The Bertz CT molecular complexity index is 461. The number of nitrogens with zero attached hydrogens (tertiary/aromatic N) is 1. The minimum atomic E-state index is 0.0674. The topological polar surface area (TPSA) is 40.5 Å². The molecule has 1 saturated heterocycles. The van der Waals surface area contributed by atoms with E-state index in [9.17, 15) is 9.90 Å². The largest absolute Gasteiger partial charge is 0.508 e. The van der Waals surface area contributed by atoms with Crippen molar-refractivity contribution in [2.45, 2.75) is 32.1 Å². The lowest BCUT2D eigenvalue weighted by Crippen LogP contribution is -2.47. The number of benzene rings is 1. The molecule has 0 aromatic heterocycles. The van der Waals surface area contributed by atoms with Crippen LogP contribution in [0.5, 0.6) is 5.75 Å². The molecule has 0 bridgehead atoms. The van der Waals surface area contributed by atoms with Gasteiger partial charge in [-0.3, -0.25) is 4.79 Å². The third-order valence-electron chi connectivity index (χ3n) is 3.59. The maximum atomic E-state index is 12.5. The Kier molecular flexibility index (Phi) is 3.85. The Balaban J connectivity index is 2.22. The minimum Gasteiger partial charge on any atom is -0.508 e. The first-order chi connectivity index (χ1) is 8.50. The second kappa shape index (κ2) is 5.22. The van der Waals surface area contributed by atoms with Gasteiger partial charge in [0.2, 0.25) is 0 Å². The molecule has 0 radical (unpaired) electrons. The lowest BCUT2D eigenvalue weighted by molar-refractivity contribution is 0.0698. The molecule has 2 rings (SSSR count). The van der Waals surface area contributed by atoms with Crippen molar-refractivity contribution in [1.29, 1.82) is 0 Å². The van der Waals surface area contributed by atoms with Gasteiger partial charge in [0.25, 0.3) is 5.91 Å². The Labute approximate surface area is 112 Å². The van der Waals surface area contributed by atoms with Gasteiger partial charge in [-0.2, -0.15) is 11.8 Å². The van der Waals surface area contributed by atoms with E-state index in [-0.39, 0.29) is 17.7 Å². The predicted octanol–water partition coefficient (Wildman–Crippen LogP) is 2.67. The van der Waals surface area contributed by atoms with Crippen molar-refractivity contribution < 1.29 is 9.90 Å². The van der Waals surface area contributed by atoms with E-state index in [1.165, 1.54) is 0 Å². The van der Waals surface area contributed by atoms with Gasteiger partial charge in [0.15, 0.2) is 0 Å². The summed E-state index contributed by atoms with van der Waals surface area (Å²) in [6.07, 6.45) is 0. The molecule has 2 atom stereocenters. The van der Waals surface area contributed by atoms with Crippen molar-refractivity contribution in [2.24, 2.45) is 0 Å². The molecule has 1 aliphatic heterocycles. The molecular formula is C14H19NO2S. The van der Waals surface area contributed by atoms with E-state index in [4.69, 9.17) is 0 Å². The zero-order chi connectivity index (χ0) is 13.3. The van der Waals surface area contributed by atoms with Crippen molar-refractivity contribution in [3.63, 3.8) is 0 Å². The van der Waals surface area contributed by atoms with E-state index in [2.05, 4.69) is 13.8 Å². The molecule has 1 aromatic rings. The van der Waals surface area contributed by atoms with Crippen LogP contribution in [-0.2, 0) is 0 Å². The highest BCUT2D eigenvalue weighted by Crippen LogP contribution is 2.26. The molecule has 1 heterocycles. The monoisotopic (exact) mass is 265 g/mol. The van der Waals surface area contributed by atoms with Gasteiger partial charge in [-0.1, -0.05) is 6.92 Å². The smallest absolute Gasteiger partial charge is 0.254 e. The van der Waals surface area contributed by atoms with Crippen molar-refractivity contribution in [2.75, 3.05) is 12.3 Å². The van der Waals surface area contributed by atoms with Crippen LogP contribution in [0.1, 0.15) is 29.8 Å². The lowest BCUT2D eigenvalue weighted by atomic mass is 10.1. The first-order valence-corrected chi connectivity index (χ1v) is 7.27. The summed E-state index contributed by atoms with van der Waals surface area (Å²) in [7, 11) is 0. The normalized spacial score (nSPS) is 24.1. The third kappa shape index (κ3) is 2.48. The number of rotatable bonds is 1. The highest BCUT2D eigenvalue weighted by Gasteiger charge is 2.29. The molecule has 2 unspecified atom stereocenters. The zero-order valence-electron chi connectivity index (χ0n) is 11.0. The van der Waals surface area contributed by atoms with Crippen LogP contribution >= 0.6 is 11.8 Å². The van der Waals surface area contributed by atoms with Crippen LogP contribution in [0.4, 0.5) is 0 Å². The number of phenolic OH excluding ortho intramolecular Hbond substituents is 1. The second-order valence-electron chi connectivity index (χ2n) is 4.82. The van der Waals surface area contributed by atoms with Crippen molar-refractivity contribution in [3.8, 4) is 5.75 Å². The molecule has 98 valence electrons. The average molecular weight is 265 g/mol. The third-order valence-corrected chi connectivity index (χ3v) is 4.93. The zero-order valence-corrected chi connectivity index (χ0v) is 11.8. The van der Waals surface area contributed by atoms with E-state index < -0.39 is 0 Å². The summed E-state index contributed by atoms with van der Waals surface area (Å²) < 4.78 is 0. The molecule has 1 amide bonds. The fourth-order valence-electron chi connectivity index (χ4n) is 2.17. The molecule has 0 saturated carbocycles. The first-order valence-electron chi connectivity index (χ1n) is 6.23. The molecule has 18 heavy (non-hydrogen) atoms. The lowest BCUT2D eigenvalue weighted by Gasteiger charge is -2.37. The highest BCUT2D eigenvalue weighted by atomic mass is 32.2. The van der Waals surface area contributed by atoms with Crippen molar-refractivity contribution in [3.05, 3.63) is 29.3 Å². The minimum absolute atomic E-state index is 0.0674. The summed E-state index contributed by atoms with van der Waals surface area (Å²) in [6, 6.07) is 5.31. The van der Waals surface area contributed by atoms with Crippen LogP contribution in [0.15, 0.2) is 18.2 Å². The molecule has 3 nitrogen and oxygen atoms in total. The number of thioether (sulfide) groups is 1. The fraction of sp³-hybridized carbons (Fsp3) is 0.500. The molecule has 1 aromatic carbocycles. The molecule has 4 heteroatoms. The van der Waals surface area contributed by atoms with Crippen molar-refractivity contribution in [1.82, 2.24) is 4.90 Å². The van der Waals surface area contributed by atoms with E-state index in [1.54, 1.807) is 18.2 Å². The Hall–Kier alpha value is -1.16. The van der Waals surface area contributed by atoms with Crippen molar-refractivity contribution >= 4 is 17.7 Å². The maximum absolute atomic E-state index is 12.5. The number of hydrogen-bond donors (Lipinski definition) is 1. The van der Waals surface area contributed by atoms with Gasteiger partial charge in [0.05, 0.1) is 0 Å². The number of hydrogen-bond acceptors (Lipinski definition) is 3. The number of aromatic hydroxyl groups is 1. The standard InChI is InChI=1S/C14H19NO2S/c1-9-8-12(4-5-13(9)16)14(17)15-6-7-18-11(3)10(15)2/h4-5,8,10-11,16H,6-7H2,1-3H3. The van der Waals surface area contributed by atoms with Crippen LogP contribution in [0.2, 0.25) is 0 Å².